The van der Waals surface area contributed by atoms with Crippen molar-refractivity contribution < 1.29 is 4.79 Å². The fourth-order valence-corrected chi connectivity index (χ4v) is 0.986. The summed E-state index contributed by atoms with van der Waals surface area (Å²) < 4.78 is 0.621. The number of hydrogen-bond donors (Lipinski definition) is 2. The second kappa shape index (κ2) is 5.02. The van der Waals surface area contributed by atoms with Crippen LogP contribution in [-0.4, -0.2) is 21.9 Å². The van der Waals surface area contributed by atoms with Crippen LogP contribution in [0.2, 0.25) is 0 Å². The van der Waals surface area contributed by atoms with Crippen LogP contribution in [0.15, 0.2) is 17.0 Å². The summed E-state index contributed by atoms with van der Waals surface area (Å²) in [6.07, 6.45) is 3.56. The molecule has 76 valence electrons. The van der Waals surface area contributed by atoms with Gasteiger partial charge >= 0.3 is 0 Å². The van der Waals surface area contributed by atoms with Crippen molar-refractivity contribution >= 4 is 27.7 Å². The SMILES string of the molecule is CC[C@@H](N)C(=O)Nc1cnc(Br)cn1. The van der Waals surface area contributed by atoms with E-state index >= 15 is 0 Å². The van der Waals surface area contributed by atoms with Crippen LogP contribution in [0.5, 0.6) is 0 Å². The van der Waals surface area contributed by atoms with E-state index in [4.69, 9.17) is 5.73 Å². The second-order valence-electron chi connectivity index (χ2n) is 2.73. The Morgan fingerprint density at radius 3 is 2.86 bits per heavy atom. The van der Waals surface area contributed by atoms with E-state index in [1.807, 2.05) is 6.92 Å². The van der Waals surface area contributed by atoms with E-state index in [1.165, 1.54) is 12.4 Å². The van der Waals surface area contributed by atoms with Crippen molar-refractivity contribution in [3.8, 4) is 0 Å². The lowest BCUT2D eigenvalue weighted by Crippen LogP contribution is -2.35. The molecule has 0 bridgehead atoms. The van der Waals surface area contributed by atoms with Crippen LogP contribution in [0.3, 0.4) is 0 Å². The number of nitrogens with zero attached hydrogens (tertiary/aromatic N) is 2. The third kappa shape index (κ3) is 3.04. The third-order valence-electron chi connectivity index (χ3n) is 1.65. The van der Waals surface area contributed by atoms with Gasteiger partial charge in [-0.15, -0.1) is 0 Å². The predicted molar refractivity (Wildman–Crippen MR) is 56.6 cm³/mol. The molecule has 0 aliphatic rings. The van der Waals surface area contributed by atoms with Gasteiger partial charge in [0, 0.05) is 0 Å². The van der Waals surface area contributed by atoms with Crippen molar-refractivity contribution in [1.82, 2.24) is 9.97 Å². The first kappa shape index (κ1) is 11.1. The number of halogens is 1. The average Bonchev–Trinajstić information content (AvgIpc) is 2.20. The number of anilines is 1. The van der Waals surface area contributed by atoms with Crippen molar-refractivity contribution in [2.45, 2.75) is 19.4 Å². The Morgan fingerprint density at radius 2 is 2.36 bits per heavy atom. The molecule has 0 saturated carbocycles. The Bertz CT molecular complexity index is 314. The lowest BCUT2D eigenvalue weighted by molar-refractivity contribution is -0.117. The molecule has 0 unspecified atom stereocenters. The first-order valence-corrected chi connectivity index (χ1v) is 4.96. The van der Waals surface area contributed by atoms with Gasteiger partial charge in [0.15, 0.2) is 5.82 Å². The largest absolute Gasteiger partial charge is 0.320 e. The summed E-state index contributed by atoms with van der Waals surface area (Å²) in [7, 11) is 0. The van der Waals surface area contributed by atoms with Gasteiger partial charge in [-0.3, -0.25) is 4.79 Å². The highest BCUT2D eigenvalue weighted by Crippen LogP contribution is 2.06. The molecule has 1 aromatic heterocycles. The molecule has 1 rings (SSSR count). The maximum absolute atomic E-state index is 11.3. The maximum atomic E-state index is 11.3. The second-order valence-corrected chi connectivity index (χ2v) is 3.54. The highest BCUT2D eigenvalue weighted by molar-refractivity contribution is 9.10. The molecule has 6 heteroatoms. The smallest absolute Gasteiger partial charge is 0.242 e. The van der Waals surface area contributed by atoms with Crippen molar-refractivity contribution in [3.63, 3.8) is 0 Å². The fraction of sp³-hybridized carbons (Fsp3) is 0.375. The quantitative estimate of drug-likeness (QED) is 0.845. The molecule has 1 amide bonds. The predicted octanol–water partition coefficient (Wildman–Crippen LogP) is 0.915. The minimum atomic E-state index is -0.500. The van der Waals surface area contributed by atoms with Gasteiger partial charge in [-0.05, 0) is 22.4 Å². The maximum Gasteiger partial charge on any atom is 0.242 e. The molecule has 1 atom stereocenters. The fourth-order valence-electron chi connectivity index (χ4n) is 0.781. The van der Waals surface area contributed by atoms with Crippen molar-refractivity contribution in [3.05, 3.63) is 17.0 Å². The molecule has 0 fully saturated rings. The lowest BCUT2D eigenvalue weighted by Gasteiger charge is -2.08. The van der Waals surface area contributed by atoms with Crippen LogP contribution in [-0.2, 0) is 4.79 Å². The summed E-state index contributed by atoms with van der Waals surface area (Å²) in [5.74, 6) is 0.159. The Morgan fingerprint density at radius 1 is 1.64 bits per heavy atom. The van der Waals surface area contributed by atoms with Crippen molar-refractivity contribution in [1.29, 1.82) is 0 Å². The van der Waals surface area contributed by atoms with E-state index in [1.54, 1.807) is 0 Å². The molecule has 0 aliphatic carbocycles. The number of rotatable bonds is 3. The van der Waals surface area contributed by atoms with Gasteiger partial charge in [-0.25, -0.2) is 9.97 Å². The molecular weight excluding hydrogens is 248 g/mol. The molecule has 14 heavy (non-hydrogen) atoms. The van der Waals surface area contributed by atoms with E-state index in [-0.39, 0.29) is 5.91 Å². The minimum Gasteiger partial charge on any atom is -0.320 e. The number of carbonyl (C=O) groups is 1. The number of aromatic nitrogens is 2. The number of nitrogens with two attached hydrogens (primary N) is 1. The average molecular weight is 259 g/mol. The Hall–Kier alpha value is -1.01. The van der Waals surface area contributed by atoms with Gasteiger partial charge in [0.05, 0.1) is 18.4 Å². The first-order chi connectivity index (χ1) is 6.63. The van der Waals surface area contributed by atoms with E-state index < -0.39 is 6.04 Å². The third-order valence-corrected chi connectivity index (χ3v) is 2.06. The summed E-state index contributed by atoms with van der Waals surface area (Å²) in [4.78, 5) is 19.2. The molecule has 1 aromatic rings. The number of amides is 1. The molecule has 0 aliphatic heterocycles. The monoisotopic (exact) mass is 258 g/mol. The molecule has 0 spiro atoms. The van der Waals surface area contributed by atoms with E-state index in [9.17, 15) is 4.79 Å². The Labute approximate surface area is 90.2 Å². The number of hydrogen-bond acceptors (Lipinski definition) is 4. The van der Waals surface area contributed by atoms with Gasteiger partial charge in [-0.2, -0.15) is 0 Å². The van der Waals surface area contributed by atoms with Crippen molar-refractivity contribution in [2.75, 3.05) is 5.32 Å². The molecule has 0 saturated heterocycles. The van der Waals surface area contributed by atoms with Gasteiger partial charge in [0.1, 0.15) is 4.60 Å². The summed E-state index contributed by atoms with van der Waals surface area (Å²) in [5, 5.41) is 2.56. The number of carbonyl (C=O) groups excluding carboxylic acids is 1. The molecular formula is C8H11BrN4O. The van der Waals surface area contributed by atoms with Crippen molar-refractivity contribution in [2.24, 2.45) is 5.73 Å². The standard InChI is InChI=1S/C8H11BrN4O/c1-2-5(10)8(14)13-7-4-11-6(9)3-12-7/h3-5H,2,10H2,1H3,(H,12,13,14)/t5-/m1/s1. The summed E-state index contributed by atoms with van der Waals surface area (Å²) >= 11 is 3.14. The van der Waals surface area contributed by atoms with Gasteiger partial charge in [-0.1, -0.05) is 6.92 Å². The van der Waals surface area contributed by atoms with E-state index in [0.717, 1.165) is 0 Å². The van der Waals surface area contributed by atoms with E-state index in [2.05, 4.69) is 31.2 Å². The summed E-state index contributed by atoms with van der Waals surface area (Å²) in [6, 6.07) is -0.500. The van der Waals surface area contributed by atoms with Crippen LogP contribution in [0.4, 0.5) is 5.82 Å². The summed E-state index contributed by atoms with van der Waals surface area (Å²) in [6.45, 7) is 1.84. The van der Waals surface area contributed by atoms with Gasteiger partial charge in [0.2, 0.25) is 5.91 Å². The lowest BCUT2D eigenvalue weighted by atomic mass is 10.2. The molecule has 3 N–H and O–H groups in total. The van der Waals surface area contributed by atoms with E-state index in [0.29, 0.717) is 16.8 Å². The summed E-state index contributed by atoms with van der Waals surface area (Å²) in [5.41, 5.74) is 5.52. The van der Waals surface area contributed by atoms with Crippen LogP contribution >= 0.6 is 15.9 Å². The molecule has 0 radical (unpaired) electrons. The zero-order chi connectivity index (χ0) is 10.6. The minimum absolute atomic E-state index is 0.246. The van der Waals surface area contributed by atoms with Crippen LogP contribution in [0.25, 0.3) is 0 Å². The zero-order valence-electron chi connectivity index (χ0n) is 7.70. The van der Waals surface area contributed by atoms with Crippen LogP contribution in [0.1, 0.15) is 13.3 Å². The Kier molecular flexibility index (Phi) is 3.97. The molecule has 1 heterocycles. The van der Waals surface area contributed by atoms with Crippen LogP contribution < -0.4 is 11.1 Å². The normalized spacial score (nSPS) is 12.2. The van der Waals surface area contributed by atoms with Gasteiger partial charge in [0.25, 0.3) is 0 Å². The highest BCUT2D eigenvalue weighted by Gasteiger charge is 2.11. The Balaban J connectivity index is 2.60. The first-order valence-electron chi connectivity index (χ1n) is 4.17. The van der Waals surface area contributed by atoms with Crippen LogP contribution in [0, 0.1) is 0 Å². The zero-order valence-corrected chi connectivity index (χ0v) is 9.28. The highest BCUT2D eigenvalue weighted by atomic mass is 79.9. The number of nitrogens with one attached hydrogen (secondary N) is 1. The molecule has 0 aromatic carbocycles. The van der Waals surface area contributed by atoms with Gasteiger partial charge < -0.3 is 11.1 Å². The molecule has 5 nitrogen and oxygen atoms in total. The topological polar surface area (TPSA) is 80.9 Å².